The topological polar surface area (TPSA) is 93.5 Å². The van der Waals surface area contributed by atoms with Crippen molar-refractivity contribution in [3.8, 4) is 11.4 Å². The number of methoxy groups -OCH3 is 1. The van der Waals surface area contributed by atoms with E-state index in [1.807, 2.05) is 32.0 Å². The average Bonchev–Trinajstić information content (AvgIpc) is 3.08. The van der Waals surface area contributed by atoms with Crippen LogP contribution in [0.3, 0.4) is 0 Å². The molecule has 0 spiro atoms. The number of carboxylic acids is 1. The van der Waals surface area contributed by atoms with Crippen molar-refractivity contribution < 1.29 is 19.4 Å². The second kappa shape index (κ2) is 7.83. The van der Waals surface area contributed by atoms with Crippen LogP contribution in [0.4, 0.5) is 0 Å². The SMILES string of the molecule is CCC(C)C(NC(=O)c1ccn(-c2cc(C)ccc2OC)n1)C(=O)O. The average molecular weight is 345 g/mol. The Balaban J connectivity index is 2.25. The minimum atomic E-state index is -1.05. The maximum atomic E-state index is 12.4. The fourth-order valence-corrected chi connectivity index (χ4v) is 2.46. The number of aromatic nitrogens is 2. The third-order valence-electron chi connectivity index (χ3n) is 4.17. The fraction of sp³-hybridized carbons (Fsp3) is 0.389. The molecule has 0 aliphatic heterocycles. The standard InChI is InChI=1S/C18H23N3O4/c1-5-12(3)16(18(23)24)19-17(22)13-8-9-21(20-13)14-10-11(2)6-7-15(14)25-4/h6-10,12,16H,5H2,1-4H3,(H,19,22)(H,23,24). The zero-order valence-electron chi connectivity index (χ0n) is 14.8. The van der Waals surface area contributed by atoms with Crippen LogP contribution in [0.15, 0.2) is 30.5 Å². The molecular formula is C18H23N3O4. The van der Waals surface area contributed by atoms with Gasteiger partial charge in [-0.1, -0.05) is 26.3 Å². The number of ether oxygens (including phenoxy) is 1. The Morgan fingerprint density at radius 2 is 2.08 bits per heavy atom. The summed E-state index contributed by atoms with van der Waals surface area (Å²) in [6.07, 6.45) is 2.29. The van der Waals surface area contributed by atoms with Crippen LogP contribution in [0.5, 0.6) is 5.75 Å². The molecule has 2 unspecified atom stereocenters. The van der Waals surface area contributed by atoms with Gasteiger partial charge in [-0.2, -0.15) is 5.10 Å². The summed E-state index contributed by atoms with van der Waals surface area (Å²) in [6, 6.07) is 6.24. The highest BCUT2D eigenvalue weighted by atomic mass is 16.5. The van der Waals surface area contributed by atoms with Crippen molar-refractivity contribution in [1.82, 2.24) is 15.1 Å². The molecule has 0 aliphatic carbocycles. The van der Waals surface area contributed by atoms with Crippen LogP contribution in [0.2, 0.25) is 0 Å². The van der Waals surface area contributed by atoms with Crippen molar-refractivity contribution in [3.05, 3.63) is 41.7 Å². The fourth-order valence-electron chi connectivity index (χ4n) is 2.46. The van der Waals surface area contributed by atoms with Crippen molar-refractivity contribution >= 4 is 11.9 Å². The van der Waals surface area contributed by atoms with Crippen molar-refractivity contribution in [3.63, 3.8) is 0 Å². The lowest BCUT2D eigenvalue weighted by Gasteiger charge is -2.19. The Labute approximate surface area is 146 Å². The molecule has 2 aromatic rings. The van der Waals surface area contributed by atoms with E-state index in [1.165, 1.54) is 0 Å². The van der Waals surface area contributed by atoms with Gasteiger partial charge in [0, 0.05) is 6.20 Å². The lowest BCUT2D eigenvalue weighted by atomic mass is 9.99. The van der Waals surface area contributed by atoms with Gasteiger partial charge in [0.25, 0.3) is 5.91 Å². The zero-order valence-corrected chi connectivity index (χ0v) is 14.8. The molecule has 7 heteroatoms. The van der Waals surface area contributed by atoms with Gasteiger partial charge >= 0.3 is 5.97 Å². The summed E-state index contributed by atoms with van der Waals surface area (Å²) in [5.74, 6) is -1.12. The molecule has 1 aromatic carbocycles. The first-order valence-corrected chi connectivity index (χ1v) is 8.11. The monoisotopic (exact) mass is 345 g/mol. The van der Waals surface area contributed by atoms with Gasteiger partial charge in [0.1, 0.15) is 17.5 Å². The first-order valence-electron chi connectivity index (χ1n) is 8.11. The summed E-state index contributed by atoms with van der Waals surface area (Å²) >= 11 is 0. The summed E-state index contributed by atoms with van der Waals surface area (Å²) in [6.45, 7) is 5.62. The van der Waals surface area contributed by atoms with E-state index < -0.39 is 17.9 Å². The quantitative estimate of drug-likeness (QED) is 0.804. The number of hydrogen-bond donors (Lipinski definition) is 2. The molecule has 1 aromatic heterocycles. The third-order valence-corrected chi connectivity index (χ3v) is 4.17. The van der Waals surface area contributed by atoms with Crippen LogP contribution in [0.25, 0.3) is 5.69 Å². The molecule has 2 atom stereocenters. The second-order valence-electron chi connectivity index (χ2n) is 6.00. The number of carbonyl (C=O) groups excluding carboxylic acids is 1. The summed E-state index contributed by atoms with van der Waals surface area (Å²) in [5.41, 5.74) is 1.89. The van der Waals surface area contributed by atoms with Crippen molar-refractivity contribution in [2.45, 2.75) is 33.2 Å². The molecule has 7 nitrogen and oxygen atoms in total. The van der Waals surface area contributed by atoms with Gasteiger partial charge < -0.3 is 15.2 Å². The van der Waals surface area contributed by atoms with E-state index in [0.29, 0.717) is 17.9 Å². The van der Waals surface area contributed by atoms with Gasteiger partial charge in [0.2, 0.25) is 0 Å². The molecule has 134 valence electrons. The summed E-state index contributed by atoms with van der Waals surface area (Å²) in [4.78, 5) is 23.7. The minimum absolute atomic E-state index is 0.151. The number of nitrogens with zero attached hydrogens (tertiary/aromatic N) is 2. The predicted octanol–water partition coefficient (Wildman–Crippen LogP) is 2.42. The van der Waals surface area contributed by atoms with Crippen molar-refractivity contribution in [2.24, 2.45) is 5.92 Å². The van der Waals surface area contributed by atoms with E-state index in [1.54, 1.807) is 31.0 Å². The van der Waals surface area contributed by atoms with Crippen molar-refractivity contribution in [1.29, 1.82) is 0 Å². The van der Waals surface area contributed by atoms with Crippen LogP contribution >= 0.6 is 0 Å². The molecule has 1 amide bonds. The lowest BCUT2D eigenvalue weighted by molar-refractivity contribution is -0.140. The number of amides is 1. The van der Waals surface area contributed by atoms with Gasteiger partial charge in [-0.3, -0.25) is 4.79 Å². The Hall–Kier alpha value is -2.83. The zero-order chi connectivity index (χ0) is 18.6. The molecule has 1 heterocycles. The molecule has 0 bridgehead atoms. The highest BCUT2D eigenvalue weighted by Crippen LogP contribution is 2.23. The van der Waals surface area contributed by atoms with Gasteiger partial charge in [-0.05, 0) is 36.6 Å². The smallest absolute Gasteiger partial charge is 0.326 e. The number of benzene rings is 1. The van der Waals surface area contributed by atoms with E-state index in [4.69, 9.17) is 4.74 Å². The number of nitrogens with one attached hydrogen (secondary N) is 1. The third kappa shape index (κ3) is 4.17. The normalized spacial score (nSPS) is 13.1. The highest BCUT2D eigenvalue weighted by Gasteiger charge is 2.26. The summed E-state index contributed by atoms with van der Waals surface area (Å²) in [5, 5.41) is 16.1. The van der Waals surface area contributed by atoms with Crippen LogP contribution in [0.1, 0.15) is 36.3 Å². The maximum Gasteiger partial charge on any atom is 0.326 e. The van der Waals surface area contributed by atoms with Gasteiger partial charge in [0.05, 0.1) is 7.11 Å². The van der Waals surface area contributed by atoms with E-state index in [9.17, 15) is 14.7 Å². The molecule has 0 saturated heterocycles. The summed E-state index contributed by atoms with van der Waals surface area (Å²) in [7, 11) is 1.56. The second-order valence-corrected chi connectivity index (χ2v) is 6.00. The predicted molar refractivity (Wildman–Crippen MR) is 93.2 cm³/mol. The number of hydrogen-bond acceptors (Lipinski definition) is 4. The molecule has 2 N–H and O–H groups in total. The van der Waals surface area contributed by atoms with Gasteiger partial charge in [-0.25, -0.2) is 9.48 Å². The van der Waals surface area contributed by atoms with E-state index in [0.717, 1.165) is 5.56 Å². The van der Waals surface area contributed by atoms with Crippen LogP contribution in [-0.2, 0) is 4.79 Å². The van der Waals surface area contributed by atoms with Gasteiger partial charge in [0.15, 0.2) is 5.69 Å². The molecule has 0 radical (unpaired) electrons. The van der Waals surface area contributed by atoms with E-state index >= 15 is 0 Å². The highest BCUT2D eigenvalue weighted by molar-refractivity contribution is 5.95. The van der Waals surface area contributed by atoms with Crippen LogP contribution < -0.4 is 10.1 Å². The summed E-state index contributed by atoms with van der Waals surface area (Å²) < 4.78 is 6.87. The Bertz CT molecular complexity index is 769. The Morgan fingerprint density at radius 1 is 1.36 bits per heavy atom. The number of rotatable bonds is 7. The molecule has 2 rings (SSSR count). The van der Waals surface area contributed by atoms with Crippen LogP contribution in [0, 0.1) is 12.8 Å². The van der Waals surface area contributed by atoms with Gasteiger partial charge in [-0.15, -0.1) is 0 Å². The molecule has 0 aliphatic rings. The number of aryl methyl sites for hydroxylation is 1. The molecule has 0 saturated carbocycles. The molecule has 25 heavy (non-hydrogen) atoms. The van der Waals surface area contributed by atoms with E-state index in [2.05, 4.69) is 10.4 Å². The minimum Gasteiger partial charge on any atom is -0.494 e. The lowest BCUT2D eigenvalue weighted by Crippen LogP contribution is -2.45. The van der Waals surface area contributed by atoms with Crippen molar-refractivity contribution in [2.75, 3.05) is 7.11 Å². The Morgan fingerprint density at radius 3 is 2.68 bits per heavy atom. The first-order chi connectivity index (χ1) is 11.9. The van der Waals surface area contributed by atoms with Crippen LogP contribution in [-0.4, -0.2) is 39.9 Å². The number of aliphatic carboxylic acids is 1. The maximum absolute atomic E-state index is 12.4. The Kier molecular flexibility index (Phi) is 5.80. The largest absolute Gasteiger partial charge is 0.494 e. The number of carbonyl (C=O) groups is 2. The molecule has 0 fully saturated rings. The molecular weight excluding hydrogens is 322 g/mol. The van der Waals surface area contributed by atoms with E-state index in [-0.39, 0.29) is 11.6 Å². The number of carboxylic acid groups (broad SMARTS) is 1. The first kappa shape index (κ1) is 18.5.